The number of aromatic nitrogens is 2. The van der Waals surface area contributed by atoms with Crippen molar-refractivity contribution in [2.24, 2.45) is 5.92 Å². The lowest BCUT2D eigenvalue weighted by Crippen LogP contribution is -2.28. The van der Waals surface area contributed by atoms with E-state index >= 15 is 0 Å². The number of hydrogen-bond acceptors (Lipinski definition) is 6. The van der Waals surface area contributed by atoms with Crippen LogP contribution < -0.4 is 10.1 Å². The van der Waals surface area contributed by atoms with E-state index in [1.165, 1.54) is 0 Å². The molecule has 4 heterocycles. The summed E-state index contributed by atoms with van der Waals surface area (Å²) in [4.78, 5) is 21.7. The summed E-state index contributed by atoms with van der Waals surface area (Å²) in [6, 6.07) is 8.14. The average molecular weight is 367 g/mol. The molecule has 2 aliphatic heterocycles. The number of nitrogens with one attached hydrogen (secondary N) is 1. The lowest BCUT2D eigenvalue weighted by Gasteiger charge is -2.27. The maximum absolute atomic E-state index is 12.2. The lowest BCUT2D eigenvalue weighted by atomic mass is 9.87. The Balaban J connectivity index is 1.57. The molecule has 0 spiro atoms. The number of carbonyl (C=O) groups excluding carboxylic acids is 1. The van der Waals surface area contributed by atoms with Crippen LogP contribution in [0.15, 0.2) is 24.3 Å². The first kappa shape index (κ1) is 17.8. The van der Waals surface area contributed by atoms with Gasteiger partial charge in [0.05, 0.1) is 11.4 Å². The fraction of sp³-hybridized carbons (Fsp3) is 0.476. The number of nitrogens with zero attached hydrogens (tertiary/aromatic N) is 2. The van der Waals surface area contributed by atoms with Crippen molar-refractivity contribution in [1.82, 2.24) is 9.97 Å². The zero-order valence-electron chi connectivity index (χ0n) is 16.0. The Labute approximate surface area is 159 Å². The standard InChI is InChI=1S/C21H25N3O3/c1-12(2)18-19-14(11-27-21(18)25)4-5-15(23-19)10-13(3)16-6-7-17-20(24-16)26-9-8-22-17/h4-7,12-13,18,22H,8-11H2,1-3H3. The first-order valence-electron chi connectivity index (χ1n) is 9.56. The van der Waals surface area contributed by atoms with E-state index in [4.69, 9.17) is 14.5 Å². The molecule has 0 saturated carbocycles. The van der Waals surface area contributed by atoms with Gasteiger partial charge in [-0.1, -0.05) is 26.8 Å². The molecular formula is C21H25N3O3. The van der Waals surface area contributed by atoms with E-state index in [1.54, 1.807) is 0 Å². The highest BCUT2D eigenvalue weighted by Gasteiger charge is 2.33. The second-order valence-electron chi connectivity index (χ2n) is 7.65. The van der Waals surface area contributed by atoms with Crippen molar-refractivity contribution < 1.29 is 14.3 Å². The second kappa shape index (κ2) is 7.18. The van der Waals surface area contributed by atoms with Gasteiger partial charge in [0.15, 0.2) is 0 Å². The summed E-state index contributed by atoms with van der Waals surface area (Å²) < 4.78 is 11.0. The Morgan fingerprint density at radius 1 is 1.15 bits per heavy atom. The summed E-state index contributed by atoms with van der Waals surface area (Å²) in [6.45, 7) is 7.96. The molecule has 0 bridgehead atoms. The molecule has 27 heavy (non-hydrogen) atoms. The Morgan fingerprint density at radius 3 is 2.81 bits per heavy atom. The third kappa shape index (κ3) is 3.48. The highest BCUT2D eigenvalue weighted by Crippen LogP contribution is 2.33. The number of hydrogen-bond donors (Lipinski definition) is 1. The molecule has 2 aromatic rings. The Hall–Kier alpha value is -2.63. The zero-order valence-corrected chi connectivity index (χ0v) is 16.0. The number of fused-ring (bicyclic) bond motifs is 2. The smallest absolute Gasteiger partial charge is 0.315 e. The van der Waals surface area contributed by atoms with Gasteiger partial charge >= 0.3 is 5.97 Å². The van der Waals surface area contributed by atoms with Gasteiger partial charge in [0.2, 0.25) is 5.88 Å². The van der Waals surface area contributed by atoms with Crippen LogP contribution in [0.1, 0.15) is 55.3 Å². The zero-order chi connectivity index (χ0) is 19.0. The normalized spacial score (nSPS) is 19.4. The minimum atomic E-state index is -0.287. The van der Waals surface area contributed by atoms with Gasteiger partial charge in [0, 0.05) is 29.4 Å². The molecule has 0 aromatic carbocycles. The van der Waals surface area contributed by atoms with E-state index in [-0.39, 0.29) is 23.7 Å². The molecule has 2 atom stereocenters. The predicted octanol–water partition coefficient (Wildman–Crippen LogP) is 3.42. The van der Waals surface area contributed by atoms with Gasteiger partial charge in [0.1, 0.15) is 19.1 Å². The highest BCUT2D eigenvalue weighted by molar-refractivity contribution is 5.79. The van der Waals surface area contributed by atoms with Crippen molar-refractivity contribution in [3.8, 4) is 5.88 Å². The van der Waals surface area contributed by atoms with Crippen molar-refractivity contribution in [3.05, 3.63) is 46.9 Å². The molecule has 0 radical (unpaired) electrons. The van der Waals surface area contributed by atoms with Crippen LogP contribution in [0.4, 0.5) is 5.69 Å². The molecule has 6 heteroatoms. The molecule has 0 amide bonds. The van der Waals surface area contributed by atoms with Crippen molar-refractivity contribution >= 4 is 11.7 Å². The summed E-state index contributed by atoms with van der Waals surface area (Å²) in [7, 11) is 0. The predicted molar refractivity (Wildman–Crippen MR) is 102 cm³/mol. The number of ether oxygens (including phenoxy) is 2. The summed E-state index contributed by atoms with van der Waals surface area (Å²) in [5.74, 6) is 0.566. The van der Waals surface area contributed by atoms with E-state index in [9.17, 15) is 4.79 Å². The first-order valence-corrected chi connectivity index (χ1v) is 9.56. The van der Waals surface area contributed by atoms with Crippen LogP contribution in [0, 0.1) is 5.92 Å². The van der Waals surface area contributed by atoms with Crippen molar-refractivity contribution in [2.75, 3.05) is 18.5 Å². The number of rotatable bonds is 4. The summed E-state index contributed by atoms with van der Waals surface area (Å²) >= 11 is 0. The maximum Gasteiger partial charge on any atom is 0.315 e. The largest absolute Gasteiger partial charge is 0.474 e. The third-order valence-corrected chi connectivity index (χ3v) is 5.21. The van der Waals surface area contributed by atoms with Crippen LogP contribution in [0.5, 0.6) is 5.88 Å². The fourth-order valence-electron chi connectivity index (χ4n) is 3.71. The van der Waals surface area contributed by atoms with Crippen LogP contribution in [0.25, 0.3) is 0 Å². The molecule has 142 valence electrons. The number of carbonyl (C=O) groups is 1. The van der Waals surface area contributed by atoms with Crippen molar-refractivity contribution in [3.63, 3.8) is 0 Å². The topological polar surface area (TPSA) is 73.3 Å². The molecule has 0 fully saturated rings. The Kier molecular flexibility index (Phi) is 4.72. The van der Waals surface area contributed by atoms with Gasteiger partial charge in [-0.15, -0.1) is 0 Å². The van der Waals surface area contributed by atoms with Crippen LogP contribution in [-0.2, 0) is 22.6 Å². The number of pyridine rings is 2. The molecule has 2 aromatic heterocycles. The summed E-state index contributed by atoms with van der Waals surface area (Å²) in [5, 5.41) is 3.29. The monoisotopic (exact) mass is 367 g/mol. The quantitative estimate of drug-likeness (QED) is 0.835. The van der Waals surface area contributed by atoms with Gasteiger partial charge in [-0.2, -0.15) is 0 Å². The highest BCUT2D eigenvalue weighted by atomic mass is 16.5. The number of esters is 1. The molecular weight excluding hydrogens is 342 g/mol. The third-order valence-electron chi connectivity index (χ3n) is 5.21. The SMILES string of the molecule is CC(Cc1ccc2c(n1)C(C(C)C)C(=O)OC2)c1ccc2c(n1)OCCN2. The molecule has 2 unspecified atom stereocenters. The molecule has 6 nitrogen and oxygen atoms in total. The van der Waals surface area contributed by atoms with Crippen LogP contribution >= 0.6 is 0 Å². The van der Waals surface area contributed by atoms with Gasteiger partial charge in [-0.25, -0.2) is 4.98 Å². The van der Waals surface area contributed by atoms with E-state index in [1.807, 2.05) is 38.1 Å². The summed E-state index contributed by atoms with van der Waals surface area (Å²) in [5.41, 5.74) is 4.78. The van der Waals surface area contributed by atoms with E-state index in [0.717, 1.165) is 41.3 Å². The molecule has 0 saturated heterocycles. The van der Waals surface area contributed by atoms with Crippen molar-refractivity contribution in [1.29, 1.82) is 0 Å². The minimum absolute atomic E-state index is 0.156. The molecule has 2 aliphatic rings. The molecule has 1 N–H and O–H groups in total. The number of cyclic esters (lactones) is 1. The fourth-order valence-corrected chi connectivity index (χ4v) is 3.71. The lowest BCUT2D eigenvalue weighted by molar-refractivity contribution is -0.149. The van der Waals surface area contributed by atoms with Gasteiger partial charge in [-0.05, 0) is 30.5 Å². The summed E-state index contributed by atoms with van der Waals surface area (Å²) in [6.07, 6.45) is 0.756. The van der Waals surface area contributed by atoms with Crippen molar-refractivity contribution in [2.45, 2.75) is 45.6 Å². The maximum atomic E-state index is 12.2. The van der Waals surface area contributed by atoms with E-state index in [2.05, 4.69) is 17.2 Å². The average Bonchev–Trinajstić information content (AvgIpc) is 2.67. The Morgan fingerprint density at radius 2 is 2.00 bits per heavy atom. The van der Waals surface area contributed by atoms with E-state index < -0.39 is 0 Å². The number of anilines is 1. The minimum Gasteiger partial charge on any atom is -0.474 e. The van der Waals surface area contributed by atoms with E-state index in [0.29, 0.717) is 19.1 Å². The molecule has 4 rings (SSSR count). The molecule has 0 aliphatic carbocycles. The van der Waals surface area contributed by atoms with Gasteiger partial charge in [-0.3, -0.25) is 9.78 Å². The van der Waals surface area contributed by atoms with Gasteiger partial charge < -0.3 is 14.8 Å². The van der Waals surface area contributed by atoms with Crippen LogP contribution in [-0.4, -0.2) is 29.1 Å². The first-order chi connectivity index (χ1) is 13.0. The van der Waals surface area contributed by atoms with Crippen LogP contribution in [0.3, 0.4) is 0 Å². The Bertz CT molecular complexity index is 866. The van der Waals surface area contributed by atoms with Gasteiger partial charge in [0.25, 0.3) is 0 Å². The van der Waals surface area contributed by atoms with Crippen LogP contribution in [0.2, 0.25) is 0 Å². The second-order valence-corrected chi connectivity index (χ2v) is 7.65.